The van der Waals surface area contributed by atoms with Crippen LogP contribution in [0.25, 0.3) is 0 Å². The summed E-state index contributed by atoms with van der Waals surface area (Å²) in [7, 11) is 1.67. The van der Waals surface area contributed by atoms with E-state index in [1.807, 2.05) is 25.1 Å². The summed E-state index contributed by atoms with van der Waals surface area (Å²) in [5, 5.41) is 0.124. The molecule has 1 aromatic rings. The molecule has 1 rings (SSSR count). The maximum Gasteiger partial charge on any atom is 0.119 e. The number of ether oxygens (including phenoxy) is 2. The summed E-state index contributed by atoms with van der Waals surface area (Å²) in [6, 6.07) is 8.02. The molecule has 0 heterocycles. The Balaban J connectivity index is 2.39. The van der Waals surface area contributed by atoms with Crippen molar-refractivity contribution in [3.05, 3.63) is 29.8 Å². The molecule has 1 aromatic carbocycles. The van der Waals surface area contributed by atoms with Crippen LogP contribution in [-0.2, 0) is 11.2 Å². The van der Waals surface area contributed by atoms with E-state index in [9.17, 15) is 0 Å². The topological polar surface area (TPSA) is 18.5 Å². The lowest BCUT2D eigenvalue weighted by Crippen LogP contribution is -2.08. The van der Waals surface area contributed by atoms with Crippen molar-refractivity contribution in [1.82, 2.24) is 0 Å². The quantitative estimate of drug-likeness (QED) is 0.540. The van der Waals surface area contributed by atoms with Crippen LogP contribution in [0.5, 0.6) is 5.75 Å². The van der Waals surface area contributed by atoms with E-state index < -0.39 is 0 Å². The lowest BCUT2D eigenvalue weighted by atomic mass is 10.1. The van der Waals surface area contributed by atoms with E-state index in [0.717, 1.165) is 31.8 Å². The van der Waals surface area contributed by atoms with Crippen LogP contribution in [0, 0.1) is 0 Å². The summed E-state index contributed by atoms with van der Waals surface area (Å²) >= 11 is 6.23. The summed E-state index contributed by atoms with van der Waals surface area (Å²) in [5.74, 6) is 0.881. The van der Waals surface area contributed by atoms with Gasteiger partial charge >= 0.3 is 0 Å². The van der Waals surface area contributed by atoms with E-state index in [2.05, 4.69) is 6.07 Å². The molecule has 0 radical (unpaired) electrons. The Morgan fingerprint density at radius 1 is 1.38 bits per heavy atom. The fourth-order valence-corrected chi connectivity index (χ4v) is 1.78. The highest BCUT2D eigenvalue weighted by molar-refractivity contribution is 6.20. The van der Waals surface area contributed by atoms with Gasteiger partial charge in [0, 0.05) is 18.6 Å². The fourth-order valence-electron chi connectivity index (χ4n) is 1.51. The van der Waals surface area contributed by atoms with E-state index in [1.165, 1.54) is 5.56 Å². The molecule has 1 unspecified atom stereocenters. The second-order valence-corrected chi connectivity index (χ2v) is 4.26. The molecule has 0 aromatic heterocycles. The molecular weight excluding hydrogens is 224 g/mol. The van der Waals surface area contributed by atoms with E-state index in [-0.39, 0.29) is 5.38 Å². The van der Waals surface area contributed by atoms with Crippen molar-refractivity contribution in [2.45, 2.75) is 25.1 Å². The third-order valence-corrected chi connectivity index (χ3v) is 2.74. The van der Waals surface area contributed by atoms with Crippen molar-refractivity contribution in [3.63, 3.8) is 0 Å². The second-order valence-electron chi connectivity index (χ2n) is 3.64. The molecular formula is C13H19ClO2. The molecule has 2 nitrogen and oxygen atoms in total. The summed E-state index contributed by atoms with van der Waals surface area (Å²) < 4.78 is 10.4. The highest BCUT2D eigenvalue weighted by atomic mass is 35.5. The number of rotatable bonds is 7. The van der Waals surface area contributed by atoms with Gasteiger partial charge in [0.15, 0.2) is 0 Å². The van der Waals surface area contributed by atoms with Gasteiger partial charge in [0.1, 0.15) is 5.75 Å². The molecule has 90 valence electrons. The van der Waals surface area contributed by atoms with Gasteiger partial charge in [0.2, 0.25) is 0 Å². The summed E-state index contributed by atoms with van der Waals surface area (Å²) in [4.78, 5) is 0. The zero-order valence-electron chi connectivity index (χ0n) is 9.91. The Morgan fingerprint density at radius 3 is 2.88 bits per heavy atom. The first-order chi connectivity index (χ1) is 7.76. The summed E-state index contributed by atoms with van der Waals surface area (Å²) in [6.45, 7) is 3.47. The van der Waals surface area contributed by atoms with Gasteiger partial charge in [-0.15, -0.1) is 11.6 Å². The van der Waals surface area contributed by atoms with Crippen LogP contribution < -0.4 is 4.74 Å². The molecule has 3 heteroatoms. The largest absolute Gasteiger partial charge is 0.497 e. The number of hydrogen-bond acceptors (Lipinski definition) is 2. The van der Waals surface area contributed by atoms with Gasteiger partial charge in [-0.2, -0.15) is 0 Å². The molecule has 0 spiro atoms. The highest BCUT2D eigenvalue weighted by Crippen LogP contribution is 2.17. The maximum atomic E-state index is 6.23. The Hall–Kier alpha value is -0.730. The smallest absolute Gasteiger partial charge is 0.119 e. The van der Waals surface area contributed by atoms with Crippen LogP contribution in [0.15, 0.2) is 24.3 Å². The lowest BCUT2D eigenvalue weighted by molar-refractivity contribution is 0.144. The molecule has 16 heavy (non-hydrogen) atoms. The lowest BCUT2D eigenvalue weighted by Gasteiger charge is -2.10. The van der Waals surface area contributed by atoms with Crippen molar-refractivity contribution in [1.29, 1.82) is 0 Å². The standard InChI is InChI=1S/C13H19ClO2/c1-3-16-8-7-12(14)9-11-5-4-6-13(10-11)15-2/h4-6,10,12H,3,7-9H2,1-2H3. The van der Waals surface area contributed by atoms with E-state index in [1.54, 1.807) is 7.11 Å². The Kier molecular flexibility index (Phi) is 6.27. The predicted molar refractivity (Wildman–Crippen MR) is 67.4 cm³/mol. The predicted octanol–water partition coefficient (Wildman–Crippen LogP) is 3.27. The molecule has 0 fully saturated rings. The first-order valence-electron chi connectivity index (χ1n) is 5.61. The number of hydrogen-bond donors (Lipinski definition) is 0. The molecule has 0 bridgehead atoms. The van der Waals surface area contributed by atoms with Crippen LogP contribution in [0.4, 0.5) is 0 Å². The minimum absolute atomic E-state index is 0.124. The van der Waals surface area contributed by atoms with Crippen molar-refractivity contribution in [2.24, 2.45) is 0 Å². The first kappa shape index (κ1) is 13.3. The van der Waals surface area contributed by atoms with Gasteiger partial charge < -0.3 is 9.47 Å². The third kappa shape index (κ3) is 4.86. The zero-order chi connectivity index (χ0) is 11.8. The third-order valence-electron chi connectivity index (χ3n) is 2.37. The molecule has 0 aliphatic carbocycles. The number of methoxy groups -OCH3 is 1. The van der Waals surface area contributed by atoms with Crippen LogP contribution in [0.1, 0.15) is 18.9 Å². The van der Waals surface area contributed by atoms with Gasteiger partial charge in [0.25, 0.3) is 0 Å². The van der Waals surface area contributed by atoms with Crippen LogP contribution >= 0.6 is 11.6 Å². The van der Waals surface area contributed by atoms with E-state index in [4.69, 9.17) is 21.1 Å². The van der Waals surface area contributed by atoms with Gasteiger partial charge in [-0.25, -0.2) is 0 Å². The minimum atomic E-state index is 0.124. The number of alkyl halides is 1. The molecule has 0 aliphatic rings. The average Bonchev–Trinajstić information content (AvgIpc) is 2.29. The van der Waals surface area contributed by atoms with Crippen LogP contribution in [-0.4, -0.2) is 25.7 Å². The Bertz CT molecular complexity index is 302. The first-order valence-corrected chi connectivity index (χ1v) is 6.04. The van der Waals surface area contributed by atoms with Crippen LogP contribution in [0.3, 0.4) is 0 Å². The number of benzene rings is 1. The van der Waals surface area contributed by atoms with Gasteiger partial charge in [-0.1, -0.05) is 12.1 Å². The summed E-state index contributed by atoms with van der Waals surface area (Å²) in [6.07, 6.45) is 1.73. The molecule has 0 saturated heterocycles. The Morgan fingerprint density at radius 2 is 2.19 bits per heavy atom. The maximum absolute atomic E-state index is 6.23. The molecule has 0 saturated carbocycles. The molecule has 1 atom stereocenters. The minimum Gasteiger partial charge on any atom is -0.497 e. The van der Waals surface area contributed by atoms with Crippen LogP contribution in [0.2, 0.25) is 0 Å². The fraction of sp³-hybridized carbons (Fsp3) is 0.538. The van der Waals surface area contributed by atoms with Gasteiger partial charge in [-0.3, -0.25) is 0 Å². The SMILES string of the molecule is CCOCCC(Cl)Cc1cccc(OC)c1. The highest BCUT2D eigenvalue weighted by Gasteiger charge is 2.06. The van der Waals surface area contributed by atoms with Gasteiger partial charge in [-0.05, 0) is 37.5 Å². The number of halogens is 1. The normalized spacial score (nSPS) is 12.4. The van der Waals surface area contributed by atoms with Crippen molar-refractivity contribution < 1.29 is 9.47 Å². The summed E-state index contributed by atoms with van der Waals surface area (Å²) in [5.41, 5.74) is 1.20. The van der Waals surface area contributed by atoms with E-state index in [0.29, 0.717) is 0 Å². The second kappa shape index (κ2) is 7.53. The molecule has 0 amide bonds. The van der Waals surface area contributed by atoms with Gasteiger partial charge in [0.05, 0.1) is 7.11 Å². The molecule has 0 N–H and O–H groups in total. The average molecular weight is 243 g/mol. The van der Waals surface area contributed by atoms with Crippen molar-refractivity contribution in [3.8, 4) is 5.75 Å². The van der Waals surface area contributed by atoms with E-state index >= 15 is 0 Å². The molecule has 0 aliphatic heterocycles. The van der Waals surface area contributed by atoms with Crippen molar-refractivity contribution in [2.75, 3.05) is 20.3 Å². The Labute approximate surface area is 103 Å². The van der Waals surface area contributed by atoms with Crippen molar-refractivity contribution >= 4 is 11.6 Å². The zero-order valence-corrected chi connectivity index (χ0v) is 10.7. The monoisotopic (exact) mass is 242 g/mol.